The summed E-state index contributed by atoms with van der Waals surface area (Å²) in [5, 5.41) is 9.88. The molecule has 38 heavy (non-hydrogen) atoms. The third-order valence-corrected chi connectivity index (χ3v) is 6.07. The molecule has 0 aliphatic rings. The molecule has 4 rings (SSSR count). The van der Waals surface area contributed by atoms with Crippen LogP contribution >= 0.6 is 11.6 Å². The molecule has 0 aliphatic carbocycles. The van der Waals surface area contributed by atoms with E-state index in [1.54, 1.807) is 42.6 Å². The van der Waals surface area contributed by atoms with Crippen molar-refractivity contribution in [2.75, 3.05) is 0 Å². The molecule has 0 unspecified atom stereocenters. The van der Waals surface area contributed by atoms with E-state index in [4.69, 9.17) is 16.3 Å². The summed E-state index contributed by atoms with van der Waals surface area (Å²) in [4.78, 5) is 49.2. The Morgan fingerprint density at radius 3 is 2.39 bits per heavy atom. The van der Waals surface area contributed by atoms with Crippen LogP contribution in [0, 0.1) is 12.3 Å². The fraction of sp³-hybridized carbons (Fsp3) is 0.222. The first-order chi connectivity index (χ1) is 18.0. The summed E-state index contributed by atoms with van der Waals surface area (Å²) in [6, 6.07) is 17.5. The lowest BCUT2D eigenvalue weighted by atomic mass is 9.94. The number of aryl methyl sites for hydroxylation is 1. The minimum absolute atomic E-state index is 0.0198. The Bertz CT molecular complexity index is 1650. The highest BCUT2D eigenvalue weighted by Gasteiger charge is 2.29. The van der Waals surface area contributed by atoms with Gasteiger partial charge in [-0.2, -0.15) is 0 Å². The zero-order valence-corrected chi connectivity index (χ0v) is 21.8. The first-order valence-corrected chi connectivity index (χ1v) is 12.1. The largest absolute Gasteiger partial charge is 0.481 e. The van der Waals surface area contributed by atoms with Crippen LogP contribution < -0.4 is 21.7 Å². The molecule has 2 aromatic carbocycles. The van der Waals surface area contributed by atoms with Crippen LogP contribution in [-0.2, 0) is 17.9 Å². The zero-order chi connectivity index (χ0) is 27.4. The number of aromatic nitrogens is 4. The van der Waals surface area contributed by atoms with E-state index in [0.717, 1.165) is 15.7 Å². The van der Waals surface area contributed by atoms with Gasteiger partial charge in [0, 0.05) is 12.7 Å². The lowest BCUT2D eigenvalue weighted by Gasteiger charge is -2.20. The summed E-state index contributed by atoms with van der Waals surface area (Å²) < 4.78 is 7.89. The van der Waals surface area contributed by atoms with Gasteiger partial charge in [0.25, 0.3) is 0 Å². The Hall–Kier alpha value is -4.44. The quantitative estimate of drug-likeness (QED) is 0.352. The molecule has 0 atom stereocenters. The number of benzene rings is 2. The third kappa shape index (κ3) is 6.09. The van der Waals surface area contributed by atoms with E-state index in [0.29, 0.717) is 16.5 Å². The van der Waals surface area contributed by atoms with Crippen molar-refractivity contribution < 1.29 is 14.6 Å². The van der Waals surface area contributed by atoms with Gasteiger partial charge in [0.15, 0.2) is 0 Å². The number of carboxylic acid groups (broad SMARTS) is 1. The molecule has 0 aliphatic heterocycles. The standard InChI is InChI=1S/C27H26ClN5O5/c1-17-6-8-18(9-7-17)15-32-24(31-25(36)33(26(32)37)16-27(2,3)23(34)35)30-19-10-12-20(13-11-19)38-22-21(28)5-4-14-29-22/h4-14H,15-16H2,1-3H3,(H,34,35)(H,30,31,36). The number of hydrogen-bond acceptors (Lipinski definition) is 6. The van der Waals surface area contributed by atoms with Gasteiger partial charge >= 0.3 is 17.3 Å². The van der Waals surface area contributed by atoms with Gasteiger partial charge in [0.05, 0.1) is 17.6 Å². The van der Waals surface area contributed by atoms with Crippen molar-refractivity contribution >= 4 is 23.3 Å². The molecule has 2 heterocycles. The van der Waals surface area contributed by atoms with Gasteiger partial charge in [-0.1, -0.05) is 41.4 Å². The number of aliphatic carboxylic acids is 1. The molecule has 10 nitrogen and oxygen atoms in total. The number of nitrogens with zero attached hydrogens (tertiary/aromatic N) is 4. The van der Waals surface area contributed by atoms with Crippen molar-refractivity contribution in [2.45, 2.75) is 33.9 Å². The second kappa shape index (κ2) is 10.9. The van der Waals surface area contributed by atoms with Crippen LogP contribution in [-0.4, -0.2) is 30.2 Å². The van der Waals surface area contributed by atoms with E-state index in [2.05, 4.69) is 15.0 Å². The van der Waals surface area contributed by atoms with Gasteiger partial charge in [-0.15, -0.1) is 0 Å². The van der Waals surface area contributed by atoms with Crippen LogP contribution in [0.3, 0.4) is 0 Å². The number of rotatable bonds is 8. The van der Waals surface area contributed by atoms with Gasteiger partial charge < -0.3 is 9.84 Å². The number of pyridine rings is 1. The maximum absolute atomic E-state index is 13.5. The number of H-pyrrole nitrogens is 1. The molecule has 2 N–H and O–H groups in total. The van der Waals surface area contributed by atoms with Crippen molar-refractivity contribution in [1.29, 1.82) is 0 Å². The average molecular weight is 536 g/mol. The van der Waals surface area contributed by atoms with Crippen molar-refractivity contribution in [2.24, 2.45) is 10.4 Å². The minimum atomic E-state index is -1.34. The van der Waals surface area contributed by atoms with Gasteiger partial charge in [-0.3, -0.25) is 14.3 Å². The maximum atomic E-state index is 13.5. The maximum Gasteiger partial charge on any atom is 0.335 e. The molecule has 0 saturated carbocycles. The SMILES string of the molecule is Cc1ccc(Cn2c(=O)n(CC(C)(C)C(=O)O)c(=O)[nH]/c2=N\c2ccc(Oc3ncccc3Cl)cc2)cc1. The molecule has 11 heteroatoms. The number of hydrogen-bond donors (Lipinski definition) is 2. The van der Waals surface area contributed by atoms with Crippen molar-refractivity contribution in [3.63, 3.8) is 0 Å². The number of nitrogens with one attached hydrogen (secondary N) is 1. The molecule has 0 fully saturated rings. The van der Waals surface area contributed by atoms with Crippen LogP contribution in [0.2, 0.25) is 5.02 Å². The van der Waals surface area contributed by atoms with Gasteiger partial charge in [-0.25, -0.2) is 24.1 Å². The molecule has 196 valence electrons. The number of ether oxygens (including phenoxy) is 1. The predicted octanol–water partition coefficient (Wildman–Crippen LogP) is 3.88. The van der Waals surface area contributed by atoms with E-state index in [1.165, 1.54) is 18.4 Å². The van der Waals surface area contributed by atoms with Gasteiger partial charge in [0.1, 0.15) is 10.8 Å². The molecule has 0 saturated heterocycles. The number of carbonyl (C=O) groups is 1. The van der Waals surface area contributed by atoms with Crippen molar-refractivity contribution in [3.8, 4) is 11.6 Å². The summed E-state index contributed by atoms with van der Waals surface area (Å²) in [7, 11) is 0. The molecular weight excluding hydrogens is 510 g/mol. The molecule has 2 aromatic heterocycles. The fourth-order valence-electron chi connectivity index (χ4n) is 3.53. The summed E-state index contributed by atoms with van der Waals surface area (Å²) in [5.41, 5.74) is -0.447. The van der Waals surface area contributed by atoms with E-state index < -0.39 is 22.8 Å². The Kier molecular flexibility index (Phi) is 7.63. The monoisotopic (exact) mass is 535 g/mol. The Labute approximate surface area is 222 Å². The van der Waals surface area contributed by atoms with Crippen LogP contribution in [0.15, 0.2) is 81.4 Å². The van der Waals surface area contributed by atoms with Crippen LogP contribution in [0.25, 0.3) is 0 Å². The predicted molar refractivity (Wildman–Crippen MR) is 142 cm³/mol. The highest BCUT2D eigenvalue weighted by molar-refractivity contribution is 6.31. The van der Waals surface area contributed by atoms with Gasteiger partial charge in [-0.05, 0) is 62.7 Å². The van der Waals surface area contributed by atoms with Gasteiger partial charge in [0.2, 0.25) is 11.5 Å². The molecular formula is C27H26ClN5O5. The molecule has 0 bridgehead atoms. The number of aromatic amines is 1. The Morgan fingerprint density at radius 2 is 1.76 bits per heavy atom. The minimum Gasteiger partial charge on any atom is -0.481 e. The first kappa shape index (κ1) is 26.6. The average Bonchev–Trinajstić information content (AvgIpc) is 2.88. The third-order valence-electron chi connectivity index (χ3n) is 5.79. The summed E-state index contributed by atoms with van der Waals surface area (Å²) in [5.74, 6) is -0.402. The highest BCUT2D eigenvalue weighted by atomic mass is 35.5. The lowest BCUT2D eigenvalue weighted by molar-refractivity contribution is -0.147. The van der Waals surface area contributed by atoms with E-state index in [1.807, 2.05) is 31.2 Å². The topological polar surface area (TPSA) is 132 Å². The van der Waals surface area contributed by atoms with Crippen molar-refractivity contribution in [1.82, 2.24) is 19.1 Å². The molecule has 0 spiro atoms. The van der Waals surface area contributed by atoms with Crippen LogP contribution in [0.4, 0.5) is 5.69 Å². The fourth-order valence-corrected chi connectivity index (χ4v) is 3.69. The smallest absolute Gasteiger partial charge is 0.335 e. The summed E-state index contributed by atoms with van der Waals surface area (Å²) in [6.07, 6.45) is 1.56. The van der Waals surface area contributed by atoms with E-state index >= 15 is 0 Å². The molecule has 4 aromatic rings. The first-order valence-electron chi connectivity index (χ1n) is 11.7. The number of carboxylic acids is 1. The van der Waals surface area contributed by atoms with E-state index in [9.17, 15) is 19.5 Å². The molecule has 0 amide bonds. The summed E-state index contributed by atoms with van der Waals surface area (Å²) >= 11 is 6.10. The van der Waals surface area contributed by atoms with Crippen LogP contribution in [0.5, 0.6) is 11.6 Å². The lowest BCUT2D eigenvalue weighted by Crippen LogP contribution is -2.52. The van der Waals surface area contributed by atoms with Crippen LogP contribution in [0.1, 0.15) is 25.0 Å². The second-order valence-corrected chi connectivity index (χ2v) is 9.79. The highest BCUT2D eigenvalue weighted by Crippen LogP contribution is 2.27. The summed E-state index contributed by atoms with van der Waals surface area (Å²) in [6.45, 7) is 4.65. The van der Waals surface area contributed by atoms with E-state index in [-0.39, 0.29) is 24.6 Å². The Balaban J connectivity index is 1.77. The Morgan fingerprint density at radius 1 is 1.08 bits per heavy atom. The van der Waals surface area contributed by atoms with Crippen molar-refractivity contribution in [3.05, 3.63) is 110 Å². The normalized spacial score (nSPS) is 11.9. The molecule has 0 radical (unpaired) electrons. The second-order valence-electron chi connectivity index (χ2n) is 9.38. The zero-order valence-electron chi connectivity index (χ0n) is 21.0. The number of halogens is 1.